The molecule has 6 rings (SSSR count). The van der Waals surface area contributed by atoms with Crippen molar-refractivity contribution in [2.24, 2.45) is 17.8 Å². The molecule has 0 radical (unpaired) electrons. The third-order valence-electron chi connectivity index (χ3n) is 8.61. The number of nitrogens with zero attached hydrogens (tertiary/aromatic N) is 2. The number of rotatable bonds is 6. The van der Waals surface area contributed by atoms with Gasteiger partial charge in [-0.2, -0.15) is 0 Å². The first-order valence-corrected chi connectivity index (χ1v) is 14.3. The van der Waals surface area contributed by atoms with Crippen LogP contribution in [0.4, 0.5) is 5.69 Å². The molecule has 0 aliphatic carbocycles. The van der Waals surface area contributed by atoms with Gasteiger partial charge in [0.15, 0.2) is 0 Å². The minimum atomic E-state index is -0.584. The molecule has 3 aromatic rings. The number of hydrogen-bond donors (Lipinski definition) is 4. The second-order valence-electron chi connectivity index (χ2n) is 11.2. The summed E-state index contributed by atoms with van der Waals surface area (Å²) in [5.41, 5.74) is 3.66. The maximum absolute atomic E-state index is 13.6. The van der Waals surface area contributed by atoms with E-state index in [1.807, 2.05) is 12.1 Å². The number of carbonyl (C=O) groups is 5. The summed E-state index contributed by atoms with van der Waals surface area (Å²) in [6.07, 6.45) is 2.18. The van der Waals surface area contributed by atoms with Gasteiger partial charge in [0.2, 0.25) is 23.6 Å². The molecule has 0 saturated carbocycles. The van der Waals surface area contributed by atoms with E-state index in [0.717, 1.165) is 22.0 Å². The Morgan fingerprint density at radius 2 is 1.83 bits per heavy atom. The van der Waals surface area contributed by atoms with Crippen molar-refractivity contribution >= 4 is 57.7 Å². The van der Waals surface area contributed by atoms with Gasteiger partial charge in [0.25, 0.3) is 5.91 Å². The lowest BCUT2D eigenvalue weighted by Gasteiger charge is -2.39. The van der Waals surface area contributed by atoms with Crippen LogP contribution in [0.1, 0.15) is 21.5 Å². The number of H-pyrrole nitrogens is 1. The predicted molar refractivity (Wildman–Crippen MR) is 156 cm³/mol. The van der Waals surface area contributed by atoms with E-state index in [1.165, 1.54) is 7.05 Å². The normalized spacial score (nSPS) is 21.1. The van der Waals surface area contributed by atoms with E-state index in [0.29, 0.717) is 35.9 Å². The zero-order chi connectivity index (χ0) is 29.5. The van der Waals surface area contributed by atoms with Crippen LogP contribution in [0, 0.1) is 17.8 Å². The van der Waals surface area contributed by atoms with Gasteiger partial charge in [-0.1, -0.05) is 17.7 Å². The smallest absolute Gasteiger partial charge is 0.253 e. The number of anilines is 1. The van der Waals surface area contributed by atoms with Crippen LogP contribution in [0.3, 0.4) is 0 Å². The number of amides is 5. The number of likely N-dealkylation sites (N-methyl/N-ethyl adjacent to an activating group) is 1. The number of piperidine rings is 1. The topological polar surface area (TPSA) is 144 Å². The number of likely N-dealkylation sites (tertiary alicyclic amines) is 2. The van der Waals surface area contributed by atoms with Crippen LogP contribution in [-0.2, 0) is 32.0 Å². The summed E-state index contributed by atoms with van der Waals surface area (Å²) in [6, 6.07) is 10.7. The van der Waals surface area contributed by atoms with Crippen molar-refractivity contribution in [2.45, 2.75) is 12.8 Å². The lowest BCUT2D eigenvalue weighted by atomic mass is 9.79. The Labute approximate surface area is 246 Å². The molecule has 3 aliphatic rings. The van der Waals surface area contributed by atoms with Crippen molar-refractivity contribution in [1.82, 2.24) is 25.4 Å². The first kappa shape index (κ1) is 27.8. The summed E-state index contributed by atoms with van der Waals surface area (Å²) >= 11 is 6.11. The van der Waals surface area contributed by atoms with Crippen LogP contribution in [0.15, 0.2) is 42.6 Å². The molecule has 3 atom stereocenters. The van der Waals surface area contributed by atoms with Gasteiger partial charge in [0.1, 0.15) is 0 Å². The Balaban J connectivity index is 1.21. The average Bonchev–Trinajstić information content (AvgIpc) is 3.69. The van der Waals surface area contributed by atoms with Crippen LogP contribution >= 0.6 is 11.6 Å². The molecule has 2 saturated heterocycles. The van der Waals surface area contributed by atoms with Crippen LogP contribution < -0.4 is 16.0 Å². The summed E-state index contributed by atoms with van der Waals surface area (Å²) in [6.45, 7) is 1.21. The fraction of sp³-hybridized carbons (Fsp3) is 0.367. The molecule has 5 amide bonds. The quantitative estimate of drug-likeness (QED) is 0.345. The zero-order valence-corrected chi connectivity index (χ0v) is 23.8. The highest BCUT2D eigenvalue weighted by Crippen LogP contribution is 2.37. The van der Waals surface area contributed by atoms with Gasteiger partial charge in [-0.25, -0.2) is 0 Å². The van der Waals surface area contributed by atoms with Crippen molar-refractivity contribution < 1.29 is 24.0 Å². The largest absolute Gasteiger partial charge is 0.361 e. The number of aromatic nitrogens is 1. The van der Waals surface area contributed by atoms with Crippen molar-refractivity contribution in [2.75, 3.05) is 45.1 Å². The highest BCUT2D eigenvalue weighted by Gasteiger charge is 2.48. The highest BCUT2D eigenvalue weighted by molar-refractivity contribution is 6.31. The van der Waals surface area contributed by atoms with Gasteiger partial charge in [0, 0.05) is 66.6 Å². The Morgan fingerprint density at radius 1 is 1.02 bits per heavy atom. The van der Waals surface area contributed by atoms with E-state index in [-0.39, 0.29) is 67.3 Å². The average molecular weight is 591 g/mol. The highest BCUT2D eigenvalue weighted by atomic mass is 35.5. The van der Waals surface area contributed by atoms with Crippen LogP contribution in [0.5, 0.6) is 0 Å². The molecule has 1 aromatic heterocycles. The van der Waals surface area contributed by atoms with Gasteiger partial charge in [0.05, 0.1) is 25.3 Å². The van der Waals surface area contributed by atoms with E-state index in [1.54, 1.807) is 40.3 Å². The van der Waals surface area contributed by atoms with Gasteiger partial charge in [-0.05, 0) is 53.3 Å². The van der Waals surface area contributed by atoms with E-state index < -0.39 is 5.92 Å². The third kappa shape index (κ3) is 5.32. The van der Waals surface area contributed by atoms with Crippen LogP contribution in [0.2, 0.25) is 5.02 Å². The van der Waals surface area contributed by atoms with Gasteiger partial charge in [-0.3, -0.25) is 24.0 Å². The maximum Gasteiger partial charge on any atom is 0.253 e. The minimum absolute atomic E-state index is 0.103. The number of fused-ring (bicyclic) bond motifs is 3. The molecule has 0 bridgehead atoms. The minimum Gasteiger partial charge on any atom is -0.361 e. The standard InChI is InChI=1S/C30H31ClN6O5/c1-32-27(39)11-34-29(41)23-15-36(28(40)8-18-10-33-25-9-20(31)3-4-21(18)25)12-19-13-37(14-22(19)23)30(42)16-2-5-24-17(6-16)7-26(38)35-24/h2-6,9-10,19,22-23,33H,7-8,11-15H2,1H3,(H,32,39)(H,34,41)(H,35,38). The molecule has 4 heterocycles. The SMILES string of the molecule is CNC(=O)CNC(=O)C1CN(C(=O)Cc2c[nH]c3cc(Cl)ccc23)CC2CN(C(=O)c3ccc4c(c3)CC(=O)N4)CC21. The van der Waals surface area contributed by atoms with E-state index in [4.69, 9.17) is 11.6 Å². The summed E-state index contributed by atoms with van der Waals surface area (Å²) < 4.78 is 0. The van der Waals surface area contributed by atoms with Crippen molar-refractivity contribution in [1.29, 1.82) is 0 Å². The van der Waals surface area contributed by atoms with Crippen molar-refractivity contribution in [3.8, 4) is 0 Å². The summed E-state index contributed by atoms with van der Waals surface area (Å²) in [4.78, 5) is 70.7. The summed E-state index contributed by atoms with van der Waals surface area (Å²) in [7, 11) is 1.50. The molecular formula is C30H31ClN6O5. The molecular weight excluding hydrogens is 560 g/mol. The molecule has 12 heteroatoms. The molecule has 0 spiro atoms. The lowest BCUT2D eigenvalue weighted by Crippen LogP contribution is -2.54. The van der Waals surface area contributed by atoms with E-state index in [9.17, 15) is 24.0 Å². The molecule has 42 heavy (non-hydrogen) atoms. The number of benzene rings is 2. The van der Waals surface area contributed by atoms with Gasteiger partial charge in [-0.15, -0.1) is 0 Å². The zero-order valence-electron chi connectivity index (χ0n) is 23.0. The summed E-state index contributed by atoms with van der Waals surface area (Å²) in [5, 5.41) is 9.49. The number of carbonyl (C=O) groups excluding carboxylic acids is 5. The van der Waals surface area contributed by atoms with E-state index in [2.05, 4.69) is 20.9 Å². The Hall–Kier alpha value is -4.38. The Morgan fingerprint density at radius 3 is 2.64 bits per heavy atom. The fourth-order valence-corrected chi connectivity index (χ4v) is 6.61. The maximum atomic E-state index is 13.6. The van der Waals surface area contributed by atoms with E-state index >= 15 is 0 Å². The monoisotopic (exact) mass is 590 g/mol. The van der Waals surface area contributed by atoms with Gasteiger partial charge >= 0.3 is 0 Å². The number of halogens is 1. The van der Waals surface area contributed by atoms with Crippen LogP contribution in [-0.4, -0.2) is 84.1 Å². The molecule has 11 nitrogen and oxygen atoms in total. The number of hydrogen-bond acceptors (Lipinski definition) is 5. The lowest BCUT2D eigenvalue weighted by molar-refractivity contribution is -0.139. The molecule has 218 valence electrons. The molecule has 2 aromatic carbocycles. The molecule has 3 unspecified atom stereocenters. The van der Waals surface area contributed by atoms with Crippen molar-refractivity contribution in [3.05, 3.63) is 64.3 Å². The third-order valence-corrected chi connectivity index (χ3v) is 8.84. The first-order valence-electron chi connectivity index (χ1n) is 13.9. The first-order chi connectivity index (χ1) is 20.2. The predicted octanol–water partition coefficient (Wildman–Crippen LogP) is 1.57. The second kappa shape index (κ2) is 11.1. The van der Waals surface area contributed by atoms with Crippen LogP contribution in [0.25, 0.3) is 10.9 Å². The Bertz CT molecular complexity index is 1620. The van der Waals surface area contributed by atoms with Gasteiger partial charge < -0.3 is 30.7 Å². The Kier molecular flexibility index (Phi) is 7.36. The number of nitrogens with one attached hydrogen (secondary N) is 4. The molecule has 3 aliphatic heterocycles. The second-order valence-corrected chi connectivity index (χ2v) is 11.6. The fourth-order valence-electron chi connectivity index (χ4n) is 6.43. The van der Waals surface area contributed by atoms with Crippen molar-refractivity contribution in [3.63, 3.8) is 0 Å². The summed E-state index contributed by atoms with van der Waals surface area (Å²) in [5.74, 6) is -1.90. The molecule has 2 fully saturated rings. The number of aromatic amines is 1. The molecule has 4 N–H and O–H groups in total.